The molecule has 0 aliphatic rings. The molecule has 1 N–H and O–H groups in total. The van der Waals surface area contributed by atoms with Crippen molar-refractivity contribution in [1.29, 1.82) is 0 Å². The molecule has 0 heterocycles. The molecule has 1 atom stereocenters. The standard InChI is InChI=1S/C6H13O2/c1-2-3-4-6(8)5-7/h6,8H,2-5H2,1H3/t6-/m0/s1. The summed E-state index contributed by atoms with van der Waals surface area (Å²) in [6.07, 6.45) is 2.08. The third-order valence-corrected chi connectivity index (χ3v) is 1.08. The summed E-state index contributed by atoms with van der Waals surface area (Å²) < 4.78 is 0. The topological polar surface area (TPSA) is 40.1 Å². The van der Waals surface area contributed by atoms with Crippen LogP contribution in [0.2, 0.25) is 0 Å². The molecule has 0 amide bonds. The smallest absolute Gasteiger partial charge is 0.108 e. The minimum absolute atomic E-state index is 0.347. The van der Waals surface area contributed by atoms with Crippen molar-refractivity contribution in [2.24, 2.45) is 0 Å². The lowest BCUT2D eigenvalue weighted by atomic mass is 10.2. The fourth-order valence-corrected chi connectivity index (χ4v) is 0.523. The quantitative estimate of drug-likeness (QED) is 0.585. The SMILES string of the molecule is CCCC[C@H](O)C[O]. The summed E-state index contributed by atoms with van der Waals surface area (Å²) in [5.41, 5.74) is 0. The van der Waals surface area contributed by atoms with E-state index in [4.69, 9.17) is 5.11 Å². The van der Waals surface area contributed by atoms with Gasteiger partial charge in [0.05, 0.1) is 6.10 Å². The normalized spacial score (nSPS) is 13.9. The number of aliphatic hydroxyl groups is 1. The van der Waals surface area contributed by atoms with Crippen molar-refractivity contribution in [2.45, 2.75) is 32.3 Å². The fourth-order valence-electron chi connectivity index (χ4n) is 0.523. The Morgan fingerprint density at radius 2 is 2.25 bits per heavy atom. The van der Waals surface area contributed by atoms with Crippen molar-refractivity contribution in [3.8, 4) is 0 Å². The van der Waals surface area contributed by atoms with Gasteiger partial charge in [-0.3, -0.25) is 0 Å². The van der Waals surface area contributed by atoms with E-state index in [1.165, 1.54) is 0 Å². The minimum atomic E-state index is -0.602. The highest BCUT2D eigenvalue weighted by molar-refractivity contribution is 4.50. The predicted molar refractivity (Wildman–Crippen MR) is 31.1 cm³/mol. The van der Waals surface area contributed by atoms with E-state index >= 15 is 0 Å². The third-order valence-electron chi connectivity index (χ3n) is 1.08. The second-order valence-corrected chi connectivity index (χ2v) is 1.96. The van der Waals surface area contributed by atoms with Gasteiger partial charge in [0.25, 0.3) is 0 Å². The molecule has 0 aromatic heterocycles. The first kappa shape index (κ1) is 7.92. The number of hydrogen-bond donors (Lipinski definition) is 1. The van der Waals surface area contributed by atoms with Gasteiger partial charge in [-0.1, -0.05) is 19.8 Å². The summed E-state index contributed by atoms with van der Waals surface area (Å²) in [6.45, 7) is 1.69. The van der Waals surface area contributed by atoms with Crippen molar-refractivity contribution in [3.05, 3.63) is 0 Å². The monoisotopic (exact) mass is 117 g/mol. The maximum atomic E-state index is 9.89. The van der Waals surface area contributed by atoms with Crippen LogP contribution in [0.15, 0.2) is 0 Å². The van der Waals surface area contributed by atoms with E-state index < -0.39 is 6.10 Å². The zero-order chi connectivity index (χ0) is 6.41. The Morgan fingerprint density at radius 3 is 2.62 bits per heavy atom. The van der Waals surface area contributed by atoms with Crippen molar-refractivity contribution >= 4 is 0 Å². The van der Waals surface area contributed by atoms with Gasteiger partial charge in [-0.25, -0.2) is 5.11 Å². The molecular formula is C6H13O2. The molecule has 49 valence electrons. The Bertz CT molecular complexity index is 45.8. The van der Waals surface area contributed by atoms with Gasteiger partial charge in [0.1, 0.15) is 6.61 Å². The lowest BCUT2D eigenvalue weighted by molar-refractivity contribution is 0.0488. The van der Waals surface area contributed by atoms with Crippen molar-refractivity contribution in [3.63, 3.8) is 0 Å². The Morgan fingerprint density at radius 1 is 1.62 bits per heavy atom. The molecular weight excluding hydrogens is 104 g/mol. The number of rotatable bonds is 4. The fraction of sp³-hybridized carbons (Fsp3) is 1.00. The van der Waals surface area contributed by atoms with Crippen molar-refractivity contribution in [2.75, 3.05) is 6.61 Å². The molecule has 1 radical (unpaired) electrons. The van der Waals surface area contributed by atoms with E-state index in [1.54, 1.807) is 0 Å². The highest BCUT2D eigenvalue weighted by atomic mass is 16.3. The molecule has 0 rings (SSSR count). The van der Waals surface area contributed by atoms with Gasteiger partial charge in [0, 0.05) is 0 Å². The summed E-state index contributed by atoms with van der Waals surface area (Å²) in [5, 5.41) is 18.6. The Kier molecular flexibility index (Phi) is 5.01. The molecule has 2 nitrogen and oxygen atoms in total. The molecule has 0 aliphatic heterocycles. The largest absolute Gasteiger partial charge is 0.391 e. The van der Waals surface area contributed by atoms with Crippen LogP contribution in [0.25, 0.3) is 0 Å². The summed E-state index contributed by atoms with van der Waals surface area (Å²) in [6, 6.07) is 0. The lowest BCUT2D eigenvalue weighted by Gasteiger charge is -2.01. The van der Waals surface area contributed by atoms with E-state index in [-0.39, 0.29) is 6.61 Å². The first-order chi connectivity index (χ1) is 3.81. The second-order valence-electron chi connectivity index (χ2n) is 1.96. The van der Waals surface area contributed by atoms with Gasteiger partial charge < -0.3 is 5.11 Å². The van der Waals surface area contributed by atoms with Gasteiger partial charge in [0.15, 0.2) is 0 Å². The molecule has 0 aromatic carbocycles. The van der Waals surface area contributed by atoms with Gasteiger partial charge in [-0.15, -0.1) is 0 Å². The number of unbranched alkanes of at least 4 members (excludes halogenated alkanes) is 1. The maximum Gasteiger partial charge on any atom is 0.108 e. The highest BCUT2D eigenvalue weighted by Crippen LogP contribution is 1.98. The molecule has 0 unspecified atom stereocenters. The zero-order valence-electron chi connectivity index (χ0n) is 5.26. The van der Waals surface area contributed by atoms with E-state index in [2.05, 4.69) is 0 Å². The first-order valence-corrected chi connectivity index (χ1v) is 3.07. The lowest BCUT2D eigenvalue weighted by Crippen LogP contribution is -2.09. The van der Waals surface area contributed by atoms with Crippen LogP contribution in [-0.2, 0) is 5.11 Å². The molecule has 0 aliphatic carbocycles. The molecule has 0 aromatic rings. The van der Waals surface area contributed by atoms with Crippen molar-refractivity contribution in [1.82, 2.24) is 0 Å². The number of hydrogen-bond acceptors (Lipinski definition) is 1. The summed E-state index contributed by atoms with van der Waals surface area (Å²) in [7, 11) is 0. The van der Waals surface area contributed by atoms with Crippen LogP contribution in [0.4, 0.5) is 0 Å². The van der Waals surface area contributed by atoms with E-state index in [0.717, 1.165) is 12.8 Å². The second kappa shape index (κ2) is 5.06. The van der Waals surface area contributed by atoms with Crippen LogP contribution >= 0.6 is 0 Å². The molecule has 2 heteroatoms. The van der Waals surface area contributed by atoms with E-state index in [0.29, 0.717) is 6.42 Å². The third kappa shape index (κ3) is 4.09. The highest BCUT2D eigenvalue weighted by Gasteiger charge is 1.99. The first-order valence-electron chi connectivity index (χ1n) is 3.07. The van der Waals surface area contributed by atoms with Gasteiger partial charge >= 0.3 is 0 Å². The molecule has 0 bridgehead atoms. The van der Waals surface area contributed by atoms with Gasteiger partial charge in [-0.2, -0.15) is 0 Å². The summed E-state index contributed by atoms with van der Waals surface area (Å²) >= 11 is 0. The Balaban J connectivity index is 2.86. The van der Waals surface area contributed by atoms with Crippen LogP contribution in [0, 0.1) is 0 Å². The molecule has 0 spiro atoms. The van der Waals surface area contributed by atoms with Crippen LogP contribution in [0.3, 0.4) is 0 Å². The molecule has 0 fully saturated rings. The van der Waals surface area contributed by atoms with Crippen molar-refractivity contribution < 1.29 is 10.2 Å². The average Bonchev–Trinajstić information content (AvgIpc) is 1.83. The zero-order valence-corrected chi connectivity index (χ0v) is 5.26. The van der Waals surface area contributed by atoms with Crippen LogP contribution < -0.4 is 0 Å². The summed E-state index contributed by atoms with van der Waals surface area (Å²) in [5.74, 6) is 0. The van der Waals surface area contributed by atoms with E-state index in [9.17, 15) is 5.11 Å². The van der Waals surface area contributed by atoms with E-state index in [1.807, 2.05) is 6.92 Å². The number of aliphatic hydroxyl groups excluding tert-OH is 1. The minimum Gasteiger partial charge on any atom is -0.391 e. The summed E-state index contributed by atoms with van der Waals surface area (Å²) in [4.78, 5) is 0. The predicted octanol–water partition coefficient (Wildman–Crippen LogP) is 0.968. The molecule has 0 saturated heterocycles. The van der Waals surface area contributed by atoms with Crippen LogP contribution in [0.5, 0.6) is 0 Å². The average molecular weight is 117 g/mol. The molecule has 0 saturated carbocycles. The molecule has 8 heavy (non-hydrogen) atoms. The maximum absolute atomic E-state index is 9.89. The van der Waals surface area contributed by atoms with Crippen LogP contribution in [0.1, 0.15) is 26.2 Å². The van der Waals surface area contributed by atoms with Gasteiger partial charge in [0.2, 0.25) is 0 Å². The van der Waals surface area contributed by atoms with Crippen LogP contribution in [-0.4, -0.2) is 17.8 Å². The Labute approximate surface area is 50.2 Å². The Hall–Kier alpha value is -0.0800. The van der Waals surface area contributed by atoms with Gasteiger partial charge in [-0.05, 0) is 6.42 Å².